The van der Waals surface area contributed by atoms with Crippen molar-refractivity contribution in [1.82, 2.24) is 25.9 Å². The number of nitrogens with zero attached hydrogens (tertiary/aromatic N) is 1. The summed E-state index contributed by atoms with van der Waals surface area (Å²) in [6.07, 6.45) is 0.799. The van der Waals surface area contributed by atoms with Gasteiger partial charge in [0.15, 0.2) is 0 Å². The molecule has 0 fully saturated rings. The minimum atomic E-state index is -3.64. The summed E-state index contributed by atoms with van der Waals surface area (Å²) >= 11 is 0. The van der Waals surface area contributed by atoms with Gasteiger partial charge in [0, 0.05) is 39.0 Å². The molecule has 2 aromatic carbocycles. The van der Waals surface area contributed by atoms with E-state index in [9.17, 15) is 24.1 Å². The predicted molar refractivity (Wildman–Crippen MR) is 172 cm³/mol. The second-order valence-corrected chi connectivity index (χ2v) is 14.1. The Kier molecular flexibility index (Phi) is 13.5. The summed E-state index contributed by atoms with van der Waals surface area (Å²) in [5.41, 5.74) is 1.34. The zero-order valence-corrected chi connectivity index (χ0v) is 27.7. The van der Waals surface area contributed by atoms with Gasteiger partial charge < -0.3 is 39.8 Å². The van der Waals surface area contributed by atoms with Crippen LogP contribution in [0.4, 0.5) is 4.79 Å². The van der Waals surface area contributed by atoms with Crippen molar-refractivity contribution < 1.29 is 37.8 Å². The standard InChI is InChI=1S/C32H44N5O8P/c1-32(2,3)45-31(41)37-26(17-23-14-10-7-11-15-23)29(39)36-27(18-24-19-33-21-34-24)30(40)35-25(16-22-12-8-6-9-13-22)28(38)20-46(42,43-4)44-5/h6-15,19,21,25-28,38H,16-18,20H2,1-5H3,(H,33,34)(H,35,40)(H,36,39)(H,37,41)/t25-,26-,27-,28-/m0/s1. The summed E-state index contributed by atoms with van der Waals surface area (Å²) in [4.78, 5) is 47.3. The van der Waals surface area contributed by atoms with Crippen LogP contribution in [0.2, 0.25) is 0 Å². The van der Waals surface area contributed by atoms with Gasteiger partial charge in [0.05, 0.1) is 24.6 Å². The Morgan fingerprint density at radius 3 is 1.91 bits per heavy atom. The number of aliphatic hydroxyl groups is 1. The number of carbonyl (C=O) groups is 3. The number of aromatic nitrogens is 2. The Morgan fingerprint density at radius 2 is 1.39 bits per heavy atom. The second-order valence-electron chi connectivity index (χ2n) is 11.8. The Bertz CT molecular complexity index is 1430. The fraction of sp³-hybridized carbons (Fsp3) is 0.438. The highest BCUT2D eigenvalue weighted by Gasteiger charge is 2.34. The predicted octanol–water partition coefficient (Wildman–Crippen LogP) is 3.15. The number of hydrogen-bond donors (Lipinski definition) is 5. The molecule has 0 aliphatic rings. The number of carbonyl (C=O) groups excluding carboxylic acids is 3. The molecular formula is C32H44N5O8P. The molecule has 3 amide bonds. The monoisotopic (exact) mass is 657 g/mol. The van der Waals surface area contributed by atoms with Gasteiger partial charge in [0.2, 0.25) is 11.8 Å². The Labute approximate surface area is 269 Å². The Hall–Kier alpha value is -4.03. The summed E-state index contributed by atoms with van der Waals surface area (Å²) in [5, 5.41) is 19.4. The molecule has 0 spiro atoms. The lowest BCUT2D eigenvalue weighted by molar-refractivity contribution is -0.130. The van der Waals surface area contributed by atoms with E-state index in [0.29, 0.717) is 5.69 Å². The maximum absolute atomic E-state index is 13.9. The van der Waals surface area contributed by atoms with Gasteiger partial charge >= 0.3 is 13.7 Å². The molecule has 0 aliphatic carbocycles. The van der Waals surface area contributed by atoms with Gasteiger partial charge in [-0.3, -0.25) is 14.2 Å². The van der Waals surface area contributed by atoms with Crippen LogP contribution >= 0.6 is 7.60 Å². The lowest BCUT2D eigenvalue weighted by Gasteiger charge is -2.29. The lowest BCUT2D eigenvalue weighted by atomic mass is 10.0. The van der Waals surface area contributed by atoms with E-state index < -0.39 is 55.3 Å². The number of benzene rings is 2. The van der Waals surface area contributed by atoms with Crippen molar-refractivity contribution >= 4 is 25.5 Å². The van der Waals surface area contributed by atoms with Crippen molar-refractivity contribution in [3.8, 4) is 0 Å². The number of alkyl carbamates (subject to hydrolysis) is 1. The number of H-pyrrole nitrogens is 1. The third-order valence-corrected chi connectivity index (χ3v) is 8.89. The molecule has 0 saturated carbocycles. The molecule has 250 valence electrons. The smallest absolute Gasteiger partial charge is 0.408 e. The first-order valence-corrected chi connectivity index (χ1v) is 16.6. The van der Waals surface area contributed by atoms with Crippen molar-refractivity contribution in [3.63, 3.8) is 0 Å². The summed E-state index contributed by atoms with van der Waals surface area (Å²) in [5.74, 6) is -1.25. The van der Waals surface area contributed by atoms with E-state index >= 15 is 0 Å². The normalized spacial score (nSPS) is 14.4. The molecule has 1 heterocycles. The zero-order chi connectivity index (χ0) is 33.7. The average Bonchev–Trinajstić information content (AvgIpc) is 3.53. The molecule has 0 aliphatic heterocycles. The van der Waals surface area contributed by atoms with Crippen LogP contribution < -0.4 is 16.0 Å². The largest absolute Gasteiger partial charge is 0.444 e. The van der Waals surface area contributed by atoms with E-state index in [0.717, 1.165) is 11.1 Å². The molecule has 14 heteroatoms. The van der Waals surface area contributed by atoms with Gasteiger partial charge in [-0.05, 0) is 38.3 Å². The van der Waals surface area contributed by atoms with Crippen molar-refractivity contribution in [2.75, 3.05) is 20.4 Å². The minimum Gasteiger partial charge on any atom is -0.444 e. The van der Waals surface area contributed by atoms with E-state index in [2.05, 4.69) is 25.9 Å². The third-order valence-electron chi connectivity index (χ3n) is 6.96. The first-order chi connectivity index (χ1) is 21.8. The SMILES string of the molecule is COP(=O)(C[C@H](O)[C@H](Cc1ccccc1)NC(=O)[C@H](Cc1cnc[nH]1)NC(=O)[C@H](Cc1ccccc1)NC(=O)OC(C)(C)C)OC. The average molecular weight is 658 g/mol. The molecule has 3 aromatic rings. The molecule has 0 unspecified atom stereocenters. The molecule has 4 atom stereocenters. The number of hydrogen-bond acceptors (Lipinski definition) is 9. The van der Waals surface area contributed by atoms with Gasteiger partial charge in [-0.25, -0.2) is 9.78 Å². The van der Waals surface area contributed by atoms with Crippen molar-refractivity contribution in [1.29, 1.82) is 0 Å². The number of amides is 3. The van der Waals surface area contributed by atoms with Gasteiger partial charge in [-0.15, -0.1) is 0 Å². The Morgan fingerprint density at radius 1 is 0.848 bits per heavy atom. The highest BCUT2D eigenvalue weighted by atomic mass is 31.2. The molecule has 13 nitrogen and oxygen atoms in total. The Balaban J connectivity index is 1.88. The molecule has 0 bridgehead atoms. The van der Waals surface area contributed by atoms with Crippen LogP contribution in [0.1, 0.15) is 37.6 Å². The number of rotatable bonds is 16. The van der Waals surface area contributed by atoms with Crippen molar-refractivity contribution in [2.24, 2.45) is 0 Å². The number of aromatic amines is 1. The van der Waals surface area contributed by atoms with E-state index in [-0.39, 0.29) is 25.4 Å². The highest BCUT2D eigenvalue weighted by molar-refractivity contribution is 7.53. The fourth-order valence-electron chi connectivity index (χ4n) is 4.62. The van der Waals surface area contributed by atoms with Crippen LogP contribution in [0.5, 0.6) is 0 Å². The molecule has 3 rings (SSSR count). The summed E-state index contributed by atoms with van der Waals surface area (Å²) in [6, 6.07) is 15.1. The number of aliphatic hydroxyl groups excluding tert-OH is 1. The maximum Gasteiger partial charge on any atom is 0.408 e. The van der Waals surface area contributed by atoms with Crippen LogP contribution in [0.15, 0.2) is 73.2 Å². The summed E-state index contributed by atoms with van der Waals surface area (Å²) in [6.45, 7) is 5.13. The van der Waals surface area contributed by atoms with E-state index in [1.807, 2.05) is 60.7 Å². The quantitative estimate of drug-likeness (QED) is 0.145. The first-order valence-electron chi connectivity index (χ1n) is 14.8. The fourth-order valence-corrected chi connectivity index (χ4v) is 5.78. The van der Waals surface area contributed by atoms with Gasteiger partial charge in [0.1, 0.15) is 17.7 Å². The zero-order valence-electron chi connectivity index (χ0n) is 26.8. The molecule has 5 N–H and O–H groups in total. The van der Waals surface area contributed by atoms with E-state index in [1.165, 1.54) is 26.7 Å². The highest BCUT2D eigenvalue weighted by Crippen LogP contribution is 2.47. The first kappa shape index (κ1) is 36.4. The van der Waals surface area contributed by atoms with E-state index in [4.69, 9.17) is 13.8 Å². The van der Waals surface area contributed by atoms with Crippen LogP contribution in [-0.4, -0.2) is 83.2 Å². The number of nitrogens with one attached hydrogen (secondary N) is 4. The maximum atomic E-state index is 13.9. The van der Waals surface area contributed by atoms with Crippen LogP contribution in [-0.2, 0) is 47.2 Å². The molecular weight excluding hydrogens is 613 g/mol. The number of imidazole rings is 1. The van der Waals surface area contributed by atoms with Gasteiger partial charge in [-0.2, -0.15) is 0 Å². The van der Waals surface area contributed by atoms with Crippen molar-refractivity contribution in [2.45, 2.75) is 69.9 Å². The van der Waals surface area contributed by atoms with Gasteiger partial charge in [-0.1, -0.05) is 60.7 Å². The van der Waals surface area contributed by atoms with Crippen LogP contribution in [0.3, 0.4) is 0 Å². The molecule has 0 radical (unpaired) electrons. The third kappa shape index (κ3) is 12.1. The number of ether oxygens (including phenoxy) is 1. The van der Waals surface area contributed by atoms with Crippen LogP contribution in [0, 0.1) is 0 Å². The summed E-state index contributed by atoms with van der Waals surface area (Å²) in [7, 11) is -1.21. The lowest BCUT2D eigenvalue weighted by Crippen LogP contribution is -2.58. The van der Waals surface area contributed by atoms with Crippen LogP contribution in [0.25, 0.3) is 0 Å². The topological polar surface area (TPSA) is 181 Å². The molecule has 0 saturated heterocycles. The second kappa shape index (κ2) is 17.0. The minimum absolute atomic E-state index is 0.0187. The molecule has 1 aromatic heterocycles. The van der Waals surface area contributed by atoms with Gasteiger partial charge in [0.25, 0.3) is 0 Å². The molecule has 46 heavy (non-hydrogen) atoms. The van der Waals surface area contributed by atoms with Crippen molar-refractivity contribution in [3.05, 3.63) is 90.0 Å². The van der Waals surface area contributed by atoms with E-state index in [1.54, 1.807) is 20.8 Å². The summed E-state index contributed by atoms with van der Waals surface area (Å²) < 4.78 is 28.3.